The van der Waals surface area contributed by atoms with Gasteiger partial charge in [0.1, 0.15) is 6.10 Å². The summed E-state index contributed by atoms with van der Waals surface area (Å²) >= 11 is 0. The van der Waals surface area contributed by atoms with Crippen LogP contribution in [-0.4, -0.2) is 30.0 Å². The van der Waals surface area contributed by atoms with Crippen molar-refractivity contribution in [3.05, 3.63) is 0 Å². The van der Waals surface area contributed by atoms with E-state index in [1.165, 1.54) is 6.92 Å². The van der Waals surface area contributed by atoms with E-state index in [1.54, 1.807) is 0 Å². The van der Waals surface area contributed by atoms with Crippen LogP contribution in [0.25, 0.3) is 0 Å². The second kappa shape index (κ2) is 2.54. The van der Waals surface area contributed by atoms with Gasteiger partial charge in [-0.15, -0.1) is 0 Å². The second-order valence-electron chi connectivity index (χ2n) is 2.42. The molecule has 10 heavy (non-hydrogen) atoms. The molecule has 0 spiro atoms. The van der Waals surface area contributed by atoms with Gasteiger partial charge in [-0.2, -0.15) is 0 Å². The highest BCUT2D eigenvalue weighted by Crippen LogP contribution is 2.23. The number of aliphatic hydroxyl groups is 1. The first-order chi connectivity index (χ1) is 4.66. The van der Waals surface area contributed by atoms with Gasteiger partial charge in [-0.05, 0) is 0 Å². The number of esters is 1. The Morgan fingerprint density at radius 2 is 2.40 bits per heavy atom. The van der Waals surface area contributed by atoms with Gasteiger partial charge in [0.25, 0.3) is 0 Å². The topological polar surface area (TPSA) is 46.5 Å². The first kappa shape index (κ1) is 7.47. The van der Waals surface area contributed by atoms with E-state index in [4.69, 9.17) is 5.11 Å². The number of hydrogen-bond donors (Lipinski definition) is 1. The summed E-state index contributed by atoms with van der Waals surface area (Å²) in [5.41, 5.74) is 0. The SMILES string of the molecule is C[C@@H]1C(F)C(=O)O[C@@H]1CO. The molecule has 0 amide bonds. The average molecular weight is 148 g/mol. The van der Waals surface area contributed by atoms with Crippen LogP contribution in [0.3, 0.4) is 0 Å². The number of rotatable bonds is 1. The Hall–Kier alpha value is -0.640. The van der Waals surface area contributed by atoms with Crippen molar-refractivity contribution in [1.82, 2.24) is 0 Å². The maximum absolute atomic E-state index is 12.6. The standard InChI is InChI=1S/C6H9FO3/c1-3-4(2-8)10-6(9)5(3)7/h3-5,8H,2H2,1H3/t3-,4+,5?/m0/s1. The molecule has 3 atom stereocenters. The Morgan fingerprint density at radius 3 is 2.60 bits per heavy atom. The van der Waals surface area contributed by atoms with Gasteiger partial charge in [0, 0.05) is 5.92 Å². The van der Waals surface area contributed by atoms with Crippen molar-refractivity contribution < 1.29 is 19.0 Å². The highest BCUT2D eigenvalue weighted by Gasteiger charge is 2.41. The lowest BCUT2D eigenvalue weighted by atomic mass is 10.0. The highest BCUT2D eigenvalue weighted by molar-refractivity contribution is 5.77. The molecule has 0 saturated carbocycles. The molecule has 0 aliphatic carbocycles. The van der Waals surface area contributed by atoms with E-state index in [9.17, 15) is 9.18 Å². The van der Waals surface area contributed by atoms with Gasteiger partial charge in [-0.25, -0.2) is 9.18 Å². The Balaban J connectivity index is 2.61. The monoisotopic (exact) mass is 148 g/mol. The van der Waals surface area contributed by atoms with Crippen LogP contribution in [0.2, 0.25) is 0 Å². The van der Waals surface area contributed by atoms with Crippen LogP contribution < -0.4 is 0 Å². The summed E-state index contributed by atoms with van der Waals surface area (Å²) in [5, 5.41) is 8.53. The predicted molar refractivity (Wildman–Crippen MR) is 31.0 cm³/mol. The molecule has 3 nitrogen and oxygen atoms in total. The van der Waals surface area contributed by atoms with Gasteiger partial charge in [0.2, 0.25) is 6.17 Å². The van der Waals surface area contributed by atoms with E-state index in [2.05, 4.69) is 4.74 Å². The van der Waals surface area contributed by atoms with E-state index in [0.717, 1.165) is 0 Å². The number of alkyl halides is 1. The van der Waals surface area contributed by atoms with Crippen LogP contribution in [0, 0.1) is 5.92 Å². The van der Waals surface area contributed by atoms with Gasteiger partial charge in [-0.3, -0.25) is 0 Å². The number of halogens is 1. The number of ether oxygens (including phenoxy) is 1. The van der Waals surface area contributed by atoms with Crippen LogP contribution in [0.15, 0.2) is 0 Å². The Morgan fingerprint density at radius 1 is 1.80 bits per heavy atom. The molecule has 58 valence electrons. The lowest BCUT2D eigenvalue weighted by Gasteiger charge is -2.08. The largest absolute Gasteiger partial charge is 0.457 e. The summed E-state index contributed by atoms with van der Waals surface area (Å²) in [4.78, 5) is 10.4. The van der Waals surface area contributed by atoms with E-state index in [-0.39, 0.29) is 6.61 Å². The summed E-state index contributed by atoms with van der Waals surface area (Å²) < 4.78 is 17.0. The van der Waals surface area contributed by atoms with Crippen molar-refractivity contribution in [2.75, 3.05) is 6.61 Å². The zero-order valence-electron chi connectivity index (χ0n) is 5.58. The second-order valence-corrected chi connectivity index (χ2v) is 2.42. The molecule has 0 aromatic heterocycles. The molecule has 0 bridgehead atoms. The maximum atomic E-state index is 12.6. The molecule has 1 saturated heterocycles. The zero-order valence-corrected chi connectivity index (χ0v) is 5.58. The molecule has 0 aromatic carbocycles. The van der Waals surface area contributed by atoms with E-state index in [1.807, 2.05) is 0 Å². The maximum Gasteiger partial charge on any atom is 0.341 e. The molecule has 1 rings (SSSR count). The molecular weight excluding hydrogens is 139 g/mol. The lowest BCUT2D eigenvalue weighted by Crippen LogP contribution is -2.21. The Bertz CT molecular complexity index is 148. The number of carbonyl (C=O) groups is 1. The predicted octanol–water partition coefficient (Wildman–Crippen LogP) is -0.122. The van der Waals surface area contributed by atoms with Gasteiger partial charge in [0.05, 0.1) is 6.61 Å². The van der Waals surface area contributed by atoms with Crippen LogP contribution in [-0.2, 0) is 9.53 Å². The minimum atomic E-state index is -1.56. The molecule has 4 heteroatoms. The molecule has 1 aliphatic rings. The van der Waals surface area contributed by atoms with E-state index >= 15 is 0 Å². The third-order valence-electron chi connectivity index (χ3n) is 1.72. The molecular formula is C6H9FO3. The first-order valence-corrected chi connectivity index (χ1v) is 3.12. The third-order valence-corrected chi connectivity index (χ3v) is 1.72. The summed E-state index contributed by atoms with van der Waals surface area (Å²) in [7, 11) is 0. The minimum Gasteiger partial charge on any atom is -0.457 e. The van der Waals surface area contributed by atoms with Crippen molar-refractivity contribution in [3.63, 3.8) is 0 Å². The normalized spacial score (nSPS) is 39.9. The highest BCUT2D eigenvalue weighted by atomic mass is 19.1. The number of hydrogen-bond acceptors (Lipinski definition) is 3. The van der Waals surface area contributed by atoms with Crippen molar-refractivity contribution >= 4 is 5.97 Å². The molecule has 0 radical (unpaired) electrons. The quantitative estimate of drug-likeness (QED) is 0.527. The molecule has 1 fully saturated rings. The van der Waals surface area contributed by atoms with Crippen molar-refractivity contribution in [2.45, 2.75) is 19.2 Å². The van der Waals surface area contributed by atoms with Crippen LogP contribution in [0.4, 0.5) is 4.39 Å². The molecule has 1 heterocycles. The van der Waals surface area contributed by atoms with Crippen molar-refractivity contribution in [2.24, 2.45) is 5.92 Å². The van der Waals surface area contributed by atoms with Gasteiger partial charge >= 0.3 is 5.97 Å². The molecule has 1 unspecified atom stereocenters. The third kappa shape index (κ3) is 0.988. The fourth-order valence-electron chi connectivity index (χ4n) is 0.928. The van der Waals surface area contributed by atoms with Crippen LogP contribution >= 0.6 is 0 Å². The fourth-order valence-corrected chi connectivity index (χ4v) is 0.928. The molecule has 1 N–H and O–H groups in total. The number of cyclic esters (lactones) is 1. The Labute approximate surface area is 57.8 Å². The van der Waals surface area contributed by atoms with E-state index < -0.39 is 24.2 Å². The fraction of sp³-hybridized carbons (Fsp3) is 0.833. The van der Waals surface area contributed by atoms with Gasteiger partial charge in [-0.1, -0.05) is 6.92 Å². The van der Waals surface area contributed by atoms with Crippen molar-refractivity contribution in [1.29, 1.82) is 0 Å². The van der Waals surface area contributed by atoms with Crippen molar-refractivity contribution in [3.8, 4) is 0 Å². The number of carbonyl (C=O) groups excluding carboxylic acids is 1. The smallest absolute Gasteiger partial charge is 0.341 e. The summed E-state index contributed by atoms with van der Waals surface area (Å²) in [5.74, 6) is -1.37. The molecule has 0 aromatic rings. The van der Waals surface area contributed by atoms with E-state index in [0.29, 0.717) is 0 Å². The van der Waals surface area contributed by atoms with Crippen LogP contribution in [0.5, 0.6) is 0 Å². The van der Waals surface area contributed by atoms with Gasteiger partial charge in [0.15, 0.2) is 0 Å². The average Bonchev–Trinajstić information content (AvgIpc) is 2.17. The minimum absolute atomic E-state index is 0.298. The zero-order chi connectivity index (χ0) is 7.72. The Kier molecular flexibility index (Phi) is 1.89. The van der Waals surface area contributed by atoms with Gasteiger partial charge < -0.3 is 9.84 Å². The lowest BCUT2D eigenvalue weighted by molar-refractivity contribution is -0.146. The first-order valence-electron chi connectivity index (χ1n) is 3.12. The number of aliphatic hydroxyl groups excluding tert-OH is 1. The van der Waals surface area contributed by atoms with Crippen LogP contribution in [0.1, 0.15) is 6.92 Å². The summed E-state index contributed by atoms with van der Waals surface area (Å²) in [6, 6.07) is 0. The summed E-state index contributed by atoms with van der Waals surface area (Å²) in [6.45, 7) is 1.24. The molecule has 1 aliphatic heterocycles. The summed E-state index contributed by atoms with van der Waals surface area (Å²) in [6.07, 6.45) is -2.21.